The van der Waals surface area contributed by atoms with Gasteiger partial charge in [-0.2, -0.15) is 0 Å². The average molecular weight is 372 g/mol. The van der Waals surface area contributed by atoms with E-state index in [0.29, 0.717) is 0 Å². The number of hydrogen-bond donors (Lipinski definition) is 0. The van der Waals surface area contributed by atoms with E-state index in [9.17, 15) is 4.79 Å². The van der Waals surface area contributed by atoms with E-state index < -0.39 is 0 Å². The molecule has 26 heavy (non-hydrogen) atoms. The number of benzene rings is 1. The van der Waals surface area contributed by atoms with Crippen molar-refractivity contribution in [1.82, 2.24) is 14.8 Å². The van der Waals surface area contributed by atoms with Crippen molar-refractivity contribution in [3.8, 4) is 0 Å². The van der Waals surface area contributed by atoms with Crippen molar-refractivity contribution in [3.63, 3.8) is 0 Å². The molecule has 0 aliphatic carbocycles. The molecule has 1 aromatic carbocycles. The zero-order chi connectivity index (χ0) is 18.9. The third-order valence-electron chi connectivity index (χ3n) is 4.71. The smallest absolute Gasteiger partial charge is 0.253 e. The van der Waals surface area contributed by atoms with E-state index in [4.69, 9.17) is 4.98 Å². The van der Waals surface area contributed by atoms with Crippen molar-refractivity contribution in [1.29, 1.82) is 0 Å². The summed E-state index contributed by atoms with van der Waals surface area (Å²) in [6.45, 7) is 14.9. The molecule has 1 aromatic heterocycles. The standard InChI is InChI=1S/C21H29N3OS/c1-15-10-16(2)12-17(11-15)19(25)24-8-6-23(7-9-24)13-18-14-26-20(22-18)21(3,4)5/h10-12,14H,6-9,13H2,1-5H3. The van der Waals surface area contributed by atoms with Crippen LogP contribution in [0.1, 0.15) is 53.0 Å². The molecule has 0 radical (unpaired) electrons. The van der Waals surface area contributed by atoms with Crippen LogP contribution < -0.4 is 0 Å². The molecular formula is C21H29N3OS. The predicted molar refractivity (Wildman–Crippen MR) is 108 cm³/mol. The summed E-state index contributed by atoms with van der Waals surface area (Å²) in [7, 11) is 0. The van der Waals surface area contributed by atoms with Gasteiger partial charge in [0.25, 0.3) is 5.91 Å². The highest BCUT2D eigenvalue weighted by molar-refractivity contribution is 7.09. The molecule has 1 saturated heterocycles. The SMILES string of the molecule is Cc1cc(C)cc(C(=O)N2CCN(Cc3csc(C(C)(C)C)n3)CC2)c1. The van der Waals surface area contributed by atoms with Crippen molar-refractivity contribution in [2.45, 2.75) is 46.6 Å². The molecule has 1 amide bonds. The lowest BCUT2D eigenvalue weighted by molar-refractivity contribution is 0.0627. The Morgan fingerprint density at radius 2 is 1.69 bits per heavy atom. The fraction of sp³-hybridized carbons (Fsp3) is 0.524. The summed E-state index contributed by atoms with van der Waals surface area (Å²) in [5.74, 6) is 0.153. The van der Waals surface area contributed by atoms with Gasteiger partial charge in [-0.25, -0.2) is 4.98 Å². The Kier molecular flexibility index (Phi) is 5.49. The largest absolute Gasteiger partial charge is 0.336 e. The van der Waals surface area contributed by atoms with Gasteiger partial charge in [-0.15, -0.1) is 11.3 Å². The van der Waals surface area contributed by atoms with Crippen LogP contribution in [0.3, 0.4) is 0 Å². The molecule has 1 aliphatic heterocycles. The van der Waals surface area contributed by atoms with Crippen LogP contribution in [0.25, 0.3) is 0 Å². The van der Waals surface area contributed by atoms with Gasteiger partial charge in [-0.05, 0) is 26.0 Å². The number of carbonyl (C=O) groups is 1. The number of nitrogens with zero attached hydrogens (tertiary/aromatic N) is 3. The molecule has 1 aliphatic rings. The van der Waals surface area contributed by atoms with Gasteiger partial charge in [0.1, 0.15) is 0 Å². The molecular weight excluding hydrogens is 342 g/mol. The Morgan fingerprint density at radius 1 is 1.08 bits per heavy atom. The van der Waals surface area contributed by atoms with Gasteiger partial charge in [0, 0.05) is 49.1 Å². The van der Waals surface area contributed by atoms with Gasteiger partial charge in [0.2, 0.25) is 0 Å². The maximum Gasteiger partial charge on any atom is 0.253 e. The number of piperazine rings is 1. The first-order chi connectivity index (χ1) is 12.2. The highest BCUT2D eigenvalue weighted by Gasteiger charge is 2.24. The molecule has 2 heterocycles. The second kappa shape index (κ2) is 7.49. The van der Waals surface area contributed by atoms with Gasteiger partial charge in [-0.3, -0.25) is 9.69 Å². The van der Waals surface area contributed by atoms with E-state index in [1.54, 1.807) is 11.3 Å². The number of aryl methyl sites for hydroxylation is 2. The van der Waals surface area contributed by atoms with Crippen molar-refractivity contribution in [2.24, 2.45) is 0 Å². The predicted octanol–water partition coefficient (Wildman–Crippen LogP) is 4.02. The van der Waals surface area contributed by atoms with E-state index in [2.05, 4.69) is 37.1 Å². The Labute approximate surface area is 160 Å². The third kappa shape index (κ3) is 4.51. The van der Waals surface area contributed by atoms with Crippen molar-refractivity contribution in [2.75, 3.05) is 26.2 Å². The Hall–Kier alpha value is -1.72. The minimum Gasteiger partial charge on any atom is -0.336 e. The lowest BCUT2D eigenvalue weighted by Crippen LogP contribution is -2.48. The fourth-order valence-corrected chi connectivity index (χ4v) is 4.24. The van der Waals surface area contributed by atoms with Gasteiger partial charge in [-0.1, -0.05) is 38.0 Å². The van der Waals surface area contributed by atoms with Crippen LogP contribution >= 0.6 is 11.3 Å². The molecule has 0 saturated carbocycles. The molecule has 0 N–H and O–H groups in total. The first kappa shape index (κ1) is 19.1. The summed E-state index contributed by atoms with van der Waals surface area (Å²) in [4.78, 5) is 21.9. The van der Waals surface area contributed by atoms with Crippen LogP contribution in [0.15, 0.2) is 23.6 Å². The zero-order valence-electron chi connectivity index (χ0n) is 16.5. The summed E-state index contributed by atoms with van der Waals surface area (Å²) in [6, 6.07) is 6.09. The van der Waals surface area contributed by atoms with Crippen LogP contribution in [0, 0.1) is 13.8 Å². The quantitative estimate of drug-likeness (QED) is 0.818. The van der Waals surface area contributed by atoms with Crippen LogP contribution in [0.4, 0.5) is 0 Å². The van der Waals surface area contributed by atoms with Crippen molar-refractivity contribution in [3.05, 3.63) is 51.0 Å². The average Bonchev–Trinajstić information content (AvgIpc) is 3.03. The maximum atomic E-state index is 12.8. The van der Waals surface area contributed by atoms with E-state index in [0.717, 1.165) is 55.1 Å². The molecule has 0 spiro atoms. The number of thiazole rings is 1. The van der Waals surface area contributed by atoms with E-state index in [1.807, 2.05) is 30.9 Å². The first-order valence-corrected chi connectivity index (χ1v) is 10.1. The van der Waals surface area contributed by atoms with E-state index in [-0.39, 0.29) is 11.3 Å². The molecule has 4 nitrogen and oxygen atoms in total. The fourth-order valence-electron chi connectivity index (χ4n) is 3.34. The summed E-state index contributed by atoms with van der Waals surface area (Å²) >= 11 is 1.75. The molecule has 3 rings (SSSR count). The van der Waals surface area contributed by atoms with Gasteiger partial charge >= 0.3 is 0 Å². The van der Waals surface area contributed by atoms with Crippen LogP contribution in [-0.2, 0) is 12.0 Å². The minimum absolute atomic E-state index is 0.111. The van der Waals surface area contributed by atoms with Crippen LogP contribution in [0.5, 0.6) is 0 Å². The molecule has 0 atom stereocenters. The maximum absolute atomic E-state index is 12.8. The zero-order valence-corrected chi connectivity index (χ0v) is 17.3. The Balaban J connectivity index is 1.57. The molecule has 2 aromatic rings. The number of aromatic nitrogens is 1. The highest BCUT2D eigenvalue weighted by atomic mass is 32.1. The molecule has 5 heteroatoms. The number of carbonyl (C=O) groups excluding carboxylic acids is 1. The van der Waals surface area contributed by atoms with E-state index >= 15 is 0 Å². The Bertz CT molecular complexity index is 763. The van der Waals surface area contributed by atoms with Crippen LogP contribution in [-0.4, -0.2) is 46.9 Å². The first-order valence-electron chi connectivity index (χ1n) is 9.27. The summed E-state index contributed by atoms with van der Waals surface area (Å²) in [5.41, 5.74) is 4.36. The van der Waals surface area contributed by atoms with Crippen molar-refractivity contribution < 1.29 is 4.79 Å². The van der Waals surface area contributed by atoms with Crippen molar-refractivity contribution >= 4 is 17.2 Å². The monoisotopic (exact) mass is 371 g/mol. The second-order valence-electron chi connectivity index (χ2n) is 8.34. The van der Waals surface area contributed by atoms with Crippen LogP contribution in [0.2, 0.25) is 0 Å². The number of rotatable bonds is 3. The number of hydrogen-bond acceptors (Lipinski definition) is 4. The lowest BCUT2D eigenvalue weighted by Gasteiger charge is -2.34. The Morgan fingerprint density at radius 3 is 2.23 bits per heavy atom. The third-order valence-corrected chi connectivity index (χ3v) is 6.02. The number of amides is 1. The van der Waals surface area contributed by atoms with Gasteiger partial charge < -0.3 is 4.90 Å². The normalized spacial score (nSPS) is 16.1. The molecule has 0 bridgehead atoms. The van der Waals surface area contributed by atoms with Gasteiger partial charge in [0.15, 0.2) is 0 Å². The summed E-state index contributed by atoms with van der Waals surface area (Å²) < 4.78 is 0. The second-order valence-corrected chi connectivity index (χ2v) is 9.20. The van der Waals surface area contributed by atoms with E-state index in [1.165, 1.54) is 5.01 Å². The topological polar surface area (TPSA) is 36.4 Å². The highest BCUT2D eigenvalue weighted by Crippen LogP contribution is 2.26. The summed E-state index contributed by atoms with van der Waals surface area (Å²) in [5, 5.41) is 3.37. The molecule has 140 valence electrons. The molecule has 1 fully saturated rings. The lowest BCUT2D eigenvalue weighted by atomic mass is 9.98. The van der Waals surface area contributed by atoms with Gasteiger partial charge in [0.05, 0.1) is 10.7 Å². The summed E-state index contributed by atoms with van der Waals surface area (Å²) in [6.07, 6.45) is 0. The minimum atomic E-state index is 0.111. The molecule has 0 unspecified atom stereocenters.